The van der Waals surface area contributed by atoms with Gasteiger partial charge in [0.25, 0.3) is 11.8 Å². The zero-order valence-corrected chi connectivity index (χ0v) is 17.6. The van der Waals surface area contributed by atoms with Gasteiger partial charge in [0.15, 0.2) is 0 Å². The maximum atomic E-state index is 13.1. The van der Waals surface area contributed by atoms with E-state index in [0.29, 0.717) is 20.7 Å². The number of carbonyl (C=O) groups is 2. The highest BCUT2D eigenvalue weighted by atomic mass is 35.5. The molecule has 2 aromatic rings. The van der Waals surface area contributed by atoms with Crippen LogP contribution in [-0.4, -0.2) is 31.8 Å². The van der Waals surface area contributed by atoms with Crippen molar-refractivity contribution >= 4 is 63.3 Å². The summed E-state index contributed by atoms with van der Waals surface area (Å²) < 4.78 is 5.15. The fraction of sp³-hybridized carbons (Fsp3) is 0.278. The molecule has 0 bridgehead atoms. The van der Waals surface area contributed by atoms with Crippen LogP contribution in [0.25, 0.3) is 0 Å². The van der Waals surface area contributed by atoms with Crippen molar-refractivity contribution in [2.24, 2.45) is 0 Å². The van der Waals surface area contributed by atoms with E-state index in [1.807, 2.05) is 13.8 Å². The molecule has 0 spiro atoms. The summed E-state index contributed by atoms with van der Waals surface area (Å²) in [5.74, 6) is -0.0829. The monoisotopic (exact) mass is 442 g/mol. The Kier molecular flexibility index (Phi) is 5.86. The summed E-state index contributed by atoms with van der Waals surface area (Å²) in [5.41, 5.74) is 0.323. The first kappa shape index (κ1) is 20.2. The Morgan fingerprint density at radius 2 is 2.07 bits per heavy atom. The largest absolute Gasteiger partial charge is 0.467 e. The molecule has 27 heavy (non-hydrogen) atoms. The molecule has 1 aromatic heterocycles. The van der Waals surface area contributed by atoms with Gasteiger partial charge in [-0.25, -0.2) is 0 Å². The first-order chi connectivity index (χ1) is 12.7. The Bertz CT molecular complexity index is 900. The van der Waals surface area contributed by atoms with Gasteiger partial charge in [-0.3, -0.25) is 14.5 Å². The van der Waals surface area contributed by atoms with E-state index >= 15 is 0 Å². The summed E-state index contributed by atoms with van der Waals surface area (Å²) >= 11 is 18.6. The SMILES string of the molecule is CC1(C)SC(=S)N(Cc2ccco2)C(=O)C1NC(=O)c1ccc(Cl)c(Cl)c1. The Labute approximate surface area is 176 Å². The van der Waals surface area contributed by atoms with E-state index in [9.17, 15) is 9.59 Å². The van der Waals surface area contributed by atoms with Crippen molar-refractivity contribution in [3.05, 3.63) is 58.0 Å². The number of furan rings is 1. The van der Waals surface area contributed by atoms with E-state index in [2.05, 4.69) is 5.32 Å². The van der Waals surface area contributed by atoms with E-state index in [0.717, 1.165) is 0 Å². The van der Waals surface area contributed by atoms with Gasteiger partial charge in [-0.2, -0.15) is 0 Å². The van der Waals surface area contributed by atoms with Crippen LogP contribution in [0, 0.1) is 0 Å². The molecule has 2 amide bonds. The molecule has 0 radical (unpaired) electrons. The first-order valence-corrected chi connectivity index (χ1v) is 10.00. The van der Waals surface area contributed by atoms with Crippen molar-refractivity contribution in [2.75, 3.05) is 0 Å². The molecule has 9 heteroatoms. The molecule has 5 nitrogen and oxygen atoms in total. The van der Waals surface area contributed by atoms with Gasteiger partial charge in [0.05, 0.1) is 22.9 Å². The van der Waals surface area contributed by atoms with E-state index in [-0.39, 0.29) is 17.5 Å². The maximum Gasteiger partial charge on any atom is 0.252 e. The summed E-state index contributed by atoms with van der Waals surface area (Å²) in [6.45, 7) is 3.95. The number of hydrogen-bond donors (Lipinski definition) is 1. The Morgan fingerprint density at radius 1 is 1.33 bits per heavy atom. The second-order valence-electron chi connectivity index (χ2n) is 6.51. The smallest absolute Gasteiger partial charge is 0.252 e. The topological polar surface area (TPSA) is 62.6 Å². The van der Waals surface area contributed by atoms with Crippen LogP contribution in [0.5, 0.6) is 0 Å². The van der Waals surface area contributed by atoms with Crippen LogP contribution >= 0.6 is 47.2 Å². The van der Waals surface area contributed by atoms with E-state index in [4.69, 9.17) is 39.8 Å². The van der Waals surface area contributed by atoms with E-state index in [1.165, 1.54) is 29.0 Å². The van der Waals surface area contributed by atoms with E-state index in [1.54, 1.807) is 24.3 Å². The van der Waals surface area contributed by atoms with Crippen molar-refractivity contribution in [1.29, 1.82) is 0 Å². The molecule has 1 unspecified atom stereocenters. The Hall–Kier alpha value is -1.54. The zero-order valence-electron chi connectivity index (χ0n) is 14.5. The minimum atomic E-state index is -0.772. The number of halogens is 2. The third-order valence-corrected chi connectivity index (χ3v) is 6.50. The molecule has 1 aliphatic heterocycles. The van der Waals surface area contributed by atoms with Crippen molar-refractivity contribution in [2.45, 2.75) is 31.2 Å². The molecule has 1 atom stereocenters. The Balaban J connectivity index is 1.82. The van der Waals surface area contributed by atoms with Crippen LogP contribution in [0.4, 0.5) is 0 Å². The summed E-state index contributed by atoms with van der Waals surface area (Å²) in [6, 6.07) is 7.31. The maximum absolute atomic E-state index is 13.1. The lowest BCUT2D eigenvalue weighted by molar-refractivity contribution is -0.130. The summed E-state index contributed by atoms with van der Waals surface area (Å²) in [5, 5.41) is 3.44. The molecule has 1 fully saturated rings. The third-order valence-electron chi connectivity index (χ3n) is 4.13. The number of amides is 2. The second-order valence-corrected chi connectivity index (χ2v) is 9.61. The Morgan fingerprint density at radius 3 is 2.70 bits per heavy atom. The van der Waals surface area contributed by atoms with Gasteiger partial charge < -0.3 is 9.73 Å². The predicted molar refractivity (Wildman–Crippen MR) is 111 cm³/mol. The molecular formula is C18H16Cl2N2O3S2. The number of thiocarbonyl (C=S) groups is 1. The van der Waals surface area contributed by atoms with Crippen LogP contribution in [0.15, 0.2) is 41.0 Å². The fourth-order valence-electron chi connectivity index (χ4n) is 2.67. The summed E-state index contributed by atoms with van der Waals surface area (Å²) in [6.07, 6.45) is 1.54. The van der Waals surface area contributed by atoms with E-state index < -0.39 is 16.7 Å². The zero-order chi connectivity index (χ0) is 19.8. The minimum Gasteiger partial charge on any atom is -0.467 e. The molecule has 2 heterocycles. The quantitative estimate of drug-likeness (QED) is 0.704. The second kappa shape index (κ2) is 7.83. The number of benzene rings is 1. The lowest BCUT2D eigenvalue weighted by atomic mass is 10.0. The summed E-state index contributed by atoms with van der Waals surface area (Å²) in [4.78, 5) is 27.2. The van der Waals surface area contributed by atoms with Crippen LogP contribution in [0.1, 0.15) is 30.0 Å². The molecule has 142 valence electrons. The number of hydrogen-bond acceptors (Lipinski definition) is 5. The van der Waals surface area contributed by atoms with Crippen molar-refractivity contribution < 1.29 is 14.0 Å². The molecule has 1 saturated heterocycles. The molecule has 1 N–H and O–H groups in total. The number of carbonyl (C=O) groups excluding carboxylic acids is 2. The van der Waals surface area contributed by atoms with Gasteiger partial charge in [0.2, 0.25) is 0 Å². The predicted octanol–water partition coefficient (Wildman–Crippen LogP) is 4.52. The highest BCUT2D eigenvalue weighted by Crippen LogP contribution is 2.37. The number of thioether (sulfide) groups is 1. The van der Waals surface area contributed by atoms with Gasteiger partial charge in [-0.05, 0) is 44.2 Å². The van der Waals surface area contributed by atoms with Crippen molar-refractivity contribution in [3.63, 3.8) is 0 Å². The normalized spacial score (nSPS) is 19.3. The van der Waals surface area contributed by atoms with Crippen molar-refractivity contribution in [1.82, 2.24) is 10.2 Å². The molecule has 3 rings (SSSR count). The standard InChI is InChI=1S/C18H16Cl2N2O3S2/c1-18(2)14(21-15(23)10-5-6-12(19)13(20)8-10)16(24)22(17(26)27-18)9-11-4-3-7-25-11/h3-8,14H,9H2,1-2H3,(H,21,23). The van der Waals surface area contributed by atoms with Gasteiger partial charge in [-0.1, -0.05) is 47.2 Å². The van der Waals surface area contributed by atoms with Crippen LogP contribution in [-0.2, 0) is 11.3 Å². The van der Waals surface area contributed by atoms with Gasteiger partial charge >= 0.3 is 0 Å². The van der Waals surface area contributed by atoms with Gasteiger partial charge in [0.1, 0.15) is 16.1 Å². The van der Waals surface area contributed by atoms with Gasteiger partial charge in [-0.15, -0.1) is 0 Å². The van der Waals surface area contributed by atoms with Crippen molar-refractivity contribution in [3.8, 4) is 0 Å². The third kappa shape index (κ3) is 4.32. The number of nitrogens with one attached hydrogen (secondary N) is 1. The lowest BCUT2D eigenvalue weighted by Gasteiger charge is -2.42. The van der Waals surface area contributed by atoms with Gasteiger partial charge in [0, 0.05) is 10.3 Å². The molecule has 1 aromatic carbocycles. The number of nitrogens with zero attached hydrogens (tertiary/aromatic N) is 1. The summed E-state index contributed by atoms with van der Waals surface area (Å²) in [7, 11) is 0. The number of rotatable bonds is 4. The fourth-order valence-corrected chi connectivity index (χ4v) is 4.76. The minimum absolute atomic E-state index is 0.215. The lowest BCUT2D eigenvalue weighted by Crippen LogP contribution is -2.62. The average molecular weight is 443 g/mol. The highest BCUT2D eigenvalue weighted by molar-refractivity contribution is 8.24. The molecular weight excluding hydrogens is 427 g/mol. The molecule has 1 aliphatic rings. The van der Waals surface area contributed by atoms with Crippen LogP contribution in [0.3, 0.4) is 0 Å². The van der Waals surface area contributed by atoms with Crippen LogP contribution in [0.2, 0.25) is 10.0 Å². The molecule has 0 aliphatic carbocycles. The van der Waals surface area contributed by atoms with Crippen LogP contribution < -0.4 is 5.32 Å². The highest BCUT2D eigenvalue weighted by Gasteiger charge is 2.46. The molecule has 0 saturated carbocycles. The first-order valence-electron chi connectivity index (χ1n) is 8.01. The average Bonchev–Trinajstić information content (AvgIpc) is 3.10.